The van der Waals surface area contributed by atoms with E-state index in [9.17, 15) is 0 Å². The molecule has 2 aliphatic rings. The normalized spacial score (nSPS) is 22.0. The van der Waals surface area contributed by atoms with Gasteiger partial charge in [-0.2, -0.15) is 5.10 Å². The smallest absolute Gasteiger partial charge is 0.191 e. The van der Waals surface area contributed by atoms with E-state index in [-0.39, 0.29) is 0 Å². The first kappa shape index (κ1) is 15.0. The molecular weight excluding hydrogens is 280 g/mol. The molecule has 3 rings (SSSR count). The highest BCUT2D eigenvalue weighted by Crippen LogP contribution is 2.12. The molecule has 120 valence electrons. The SMILES string of the molecule is CN=C(NCCC1=CCOCC1)NC1CCc2ncnn2C1. The number of hydrogen-bond donors (Lipinski definition) is 2. The third kappa shape index (κ3) is 3.85. The number of guanidine groups is 1. The molecule has 3 heterocycles. The Morgan fingerprint density at radius 2 is 2.45 bits per heavy atom. The second-order valence-electron chi connectivity index (χ2n) is 5.67. The van der Waals surface area contributed by atoms with Crippen molar-refractivity contribution in [3.63, 3.8) is 0 Å². The quantitative estimate of drug-likeness (QED) is 0.481. The minimum absolute atomic E-state index is 0.350. The lowest BCUT2D eigenvalue weighted by atomic mass is 10.1. The molecule has 2 N–H and O–H groups in total. The fraction of sp³-hybridized carbons (Fsp3) is 0.667. The minimum atomic E-state index is 0.350. The van der Waals surface area contributed by atoms with Crippen molar-refractivity contribution in [3.8, 4) is 0 Å². The third-order valence-electron chi connectivity index (χ3n) is 4.17. The highest BCUT2D eigenvalue weighted by molar-refractivity contribution is 5.79. The number of rotatable bonds is 4. The second-order valence-corrected chi connectivity index (χ2v) is 5.67. The van der Waals surface area contributed by atoms with E-state index in [2.05, 4.69) is 31.8 Å². The van der Waals surface area contributed by atoms with Crippen molar-refractivity contribution in [1.82, 2.24) is 25.4 Å². The Morgan fingerprint density at radius 3 is 3.27 bits per heavy atom. The van der Waals surface area contributed by atoms with Gasteiger partial charge in [0.05, 0.1) is 19.8 Å². The monoisotopic (exact) mass is 304 g/mol. The summed E-state index contributed by atoms with van der Waals surface area (Å²) in [6.07, 6.45) is 7.93. The van der Waals surface area contributed by atoms with Gasteiger partial charge in [0.1, 0.15) is 12.2 Å². The Balaban J connectivity index is 1.43. The maximum Gasteiger partial charge on any atom is 0.191 e. The molecule has 7 heteroatoms. The molecule has 0 bridgehead atoms. The molecule has 2 aliphatic heterocycles. The number of aryl methyl sites for hydroxylation is 1. The van der Waals surface area contributed by atoms with Crippen molar-refractivity contribution >= 4 is 5.96 Å². The van der Waals surface area contributed by atoms with E-state index >= 15 is 0 Å². The predicted molar refractivity (Wildman–Crippen MR) is 84.8 cm³/mol. The molecule has 0 aromatic carbocycles. The summed E-state index contributed by atoms with van der Waals surface area (Å²) in [6, 6.07) is 0.350. The van der Waals surface area contributed by atoms with Gasteiger partial charge in [0, 0.05) is 26.1 Å². The maximum absolute atomic E-state index is 5.32. The van der Waals surface area contributed by atoms with Gasteiger partial charge in [0.25, 0.3) is 0 Å². The lowest BCUT2D eigenvalue weighted by Gasteiger charge is -2.25. The highest BCUT2D eigenvalue weighted by Gasteiger charge is 2.20. The third-order valence-corrected chi connectivity index (χ3v) is 4.17. The van der Waals surface area contributed by atoms with Crippen LogP contribution in [0.2, 0.25) is 0 Å². The second kappa shape index (κ2) is 7.40. The van der Waals surface area contributed by atoms with E-state index in [4.69, 9.17) is 4.74 Å². The molecule has 1 unspecified atom stereocenters. The Kier molecular flexibility index (Phi) is 5.05. The molecule has 0 spiro atoms. The zero-order valence-corrected chi connectivity index (χ0v) is 13.1. The van der Waals surface area contributed by atoms with E-state index in [1.54, 1.807) is 6.33 Å². The van der Waals surface area contributed by atoms with Crippen LogP contribution < -0.4 is 10.6 Å². The average Bonchev–Trinajstić information content (AvgIpc) is 3.02. The molecule has 0 fully saturated rings. The molecule has 1 aromatic rings. The maximum atomic E-state index is 5.32. The molecule has 0 amide bonds. The molecule has 22 heavy (non-hydrogen) atoms. The predicted octanol–water partition coefficient (Wildman–Crippen LogP) is 0.495. The number of aliphatic imine (C=N–C) groups is 1. The highest BCUT2D eigenvalue weighted by atomic mass is 16.5. The molecule has 7 nitrogen and oxygen atoms in total. The van der Waals surface area contributed by atoms with E-state index in [1.807, 2.05) is 11.7 Å². The Labute approximate surface area is 130 Å². The van der Waals surface area contributed by atoms with Crippen LogP contribution in [0.5, 0.6) is 0 Å². The minimum Gasteiger partial charge on any atom is -0.377 e. The van der Waals surface area contributed by atoms with Gasteiger partial charge in [0.2, 0.25) is 0 Å². The van der Waals surface area contributed by atoms with Gasteiger partial charge in [-0.05, 0) is 19.3 Å². The van der Waals surface area contributed by atoms with E-state index < -0.39 is 0 Å². The standard InChI is InChI=1S/C15H24N6O/c1-16-15(17-7-4-12-5-8-22-9-6-12)20-13-2-3-14-18-11-19-21(14)10-13/h5,11,13H,2-4,6-10H2,1H3,(H2,16,17,20). The van der Waals surface area contributed by atoms with Crippen molar-refractivity contribution in [1.29, 1.82) is 0 Å². The summed E-state index contributed by atoms with van der Waals surface area (Å²) in [4.78, 5) is 8.57. The summed E-state index contributed by atoms with van der Waals surface area (Å²) in [7, 11) is 1.81. The van der Waals surface area contributed by atoms with Crippen molar-refractivity contribution in [3.05, 3.63) is 23.8 Å². The Hall–Kier alpha value is -1.89. The van der Waals surface area contributed by atoms with Crippen molar-refractivity contribution in [2.45, 2.75) is 38.3 Å². The first-order valence-electron chi connectivity index (χ1n) is 7.94. The van der Waals surface area contributed by atoms with Crippen molar-refractivity contribution in [2.75, 3.05) is 26.8 Å². The van der Waals surface area contributed by atoms with Gasteiger partial charge in [0.15, 0.2) is 5.96 Å². The first-order chi connectivity index (χ1) is 10.8. The van der Waals surface area contributed by atoms with E-state index in [0.717, 1.165) is 63.8 Å². The molecule has 0 aliphatic carbocycles. The number of nitrogens with zero attached hydrogens (tertiary/aromatic N) is 4. The topological polar surface area (TPSA) is 76.4 Å². The first-order valence-corrected chi connectivity index (χ1v) is 7.94. The van der Waals surface area contributed by atoms with E-state index in [1.165, 1.54) is 5.57 Å². The van der Waals surface area contributed by atoms with Crippen LogP contribution >= 0.6 is 0 Å². The molecule has 1 atom stereocenters. The summed E-state index contributed by atoms with van der Waals surface area (Å²) in [5.41, 5.74) is 1.47. The fourth-order valence-corrected chi connectivity index (χ4v) is 2.88. The Morgan fingerprint density at radius 1 is 1.50 bits per heavy atom. The molecule has 0 saturated heterocycles. The van der Waals surface area contributed by atoms with Crippen LogP contribution in [0.4, 0.5) is 0 Å². The van der Waals surface area contributed by atoms with Crippen LogP contribution in [0.15, 0.2) is 23.0 Å². The van der Waals surface area contributed by atoms with Crippen LogP contribution in [0.3, 0.4) is 0 Å². The number of aromatic nitrogens is 3. The largest absolute Gasteiger partial charge is 0.377 e. The van der Waals surface area contributed by atoms with Gasteiger partial charge < -0.3 is 15.4 Å². The summed E-state index contributed by atoms with van der Waals surface area (Å²) in [5.74, 6) is 1.94. The summed E-state index contributed by atoms with van der Waals surface area (Å²) >= 11 is 0. The summed E-state index contributed by atoms with van der Waals surface area (Å²) in [5, 5.41) is 11.1. The van der Waals surface area contributed by atoms with Gasteiger partial charge in [-0.3, -0.25) is 4.99 Å². The summed E-state index contributed by atoms with van der Waals surface area (Å²) in [6.45, 7) is 3.34. The van der Waals surface area contributed by atoms with Crippen molar-refractivity contribution in [2.24, 2.45) is 4.99 Å². The molecular formula is C15H24N6O. The van der Waals surface area contributed by atoms with Crippen LogP contribution in [0, 0.1) is 0 Å². The van der Waals surface area contributed by atoms with Gasteiger partial charge >= 0.3 is 0 Å². The van der Waals surface area contributed by atoms with Gasteiger partial charge in [-0.25, -0.2) is 9.67 Å². The van der Waals surface area contributed by atoms with Crippen LogP contribution in [-0.4, -0.2) is 53.6 Å². The van der Waals surface area contributed by atoms with Crippen molar-refractivity contribution < 1.29 is 4.74 Å². The molecule has 1 aromatic heterocycles. The lowest BCUT2D eigenvalue weighted by Crippen LogP contribution is -2.47. The number of ether oxygens (including phenoxy) is 1. The van der Waals surface area contributed by atoms with E-state index in [0.29, 0.717) is 6.04 Å². The zero-order valence-electron chi connectivity index (χ0n) is 13.1. The van der Waals surface area contributed by atoms with Gasteiger partial charge in [-0.1, -0.05) is 11.6 Å². The molecule has 0 radical (unpaired) electrons. The lowest BCUT2D eigenvalue weighted by molar-refractivity contribution is 0.153. The summed E-state index contributed by atoms with van der Waals surface area (Å²) < 4.78 is 7.30. The van der Waals surface area contributed by atoms with Crippen LogP contribution in [-0.2, 0) is 17.7 Å². The number of fused-ring (bicyclic) bond motifs is 1. The zero-order chi connectivity index (χ0) is 15.2. The van der Waals surface area contributed by atoms with Crippen LogP contribution in [0.1, 0.15) is 25.1 Å². The average molecular weight is 304 g/mol. The Bertz CT molecular complexity index is 550. The number of hydrogen-bond acceptors (Lipinski definition) is 4. The van der Waals surface area contributed by atoms with Gasteiger partial charge in [-0.15, -0.1) is 0 Å². The van der Waals surface area contributed by atoms with Crippen LogP contribution in [0.25, 0.3) is 0 Å². The number of nitrogens with one attached hydrogen (secondary N) is 2. The molecule has 0 saturated carbocycles. The fourth-order valence-electron chi connectivity index (χ4n) is 2.88.